The van der Waals surface area contributed by atoms with Gasteiger partial charge in [0.2, 0.25) is 0 Å². The molecular formula is C13H18BrNO3. The molecule has 0 unspecified atom stereocenters. The van der Waals surface area contributed by atoms with E-state index in [1.54, 1.807) is 0 Å². The van der Waals surface area contributed by atoms with E-state index in [0.29, 0.717) is 13.2 Å². The molecule has 1 fully saturated rings. The van der Waals surface area contributed by atoms with Crippen molar-refractivity contribution in [1.29, 1.82) is 0 Å². The zero-order chi connectivity index (χ0) is 12.8. The molecule has 18 heavy (non-hydrogen) atoms. The fourth-order valence-corrected chi connectivity index (χ4v) is 2.12. The standard InChI is InChI=1S/C13H18BrNO3/c14-11-1-3-13(4-2-11)18-10-12(16)9-15-5-7-17-8-6-15/h1-4,12,16H,5-10H2/t12-/m1/s1. The number of aliphatic hydroxyl groups is 1. The number of rotatable bonds is 5. The van der Waals surface area contributed by atoms with Gasteiger partial charge >= 0.3 is 0 Å². The van der Waals surface area contributed by atoms with E-state index in [1.807, 2.05) is 24.3 Å². The topological polar surface area (TPSA) is 41.9 Å². The smallest absolute Gasteiger partial charge is 0.119 e. The lowest BCUT2D eigenvalue weighted by Crippen LogP contribution is -2.42. The lowest BCUT2D eigenvalue weighted by Gasteiger charge is -2.28. The highest BCUT2D eigenvalue weighted by Crippen LogP contribution is 2.16. The predicted octanol–water partition coefficient (Wildman–Crippen LogP) is 1.52. The average molecular weight is 316 g/mol. The van der Waals surface area contributed by atoms with Gasteiger partial charge in [-0.3, -0.25) is 4.90 Å². The van der Waals surface area contributed by atoms with Crippen molar-refractivity contribution >= 4 is 15.9 Å². The normalized spacial score (nSPS) is 18.6. The molecule has 0 aliphatic carbocycles. The van der Waals surface area contributed by atoms with E-state index in [9.17, 15) is 5.11 Å². The fourth-order valence-electron chi connectivity index (χ4n) is 1.86. The first-order valence-corrected chi connectivity index (χ1v) is 6.90. The molecule has 0 amide bonds. The molecule has 0 saturated carbocycles. The summed E-state index contributed by atoms with van der Waals surface area (Å²) in [5, 5.41) is 9.90. The first-order valence-electron chi connectivity index (χ1n) is 6.10. The van der Waals surface area contributed by atoms with Gasteiger partial charge in [-0.15, -0.1) is 0 Å². The van der Waals surface area contributed by atoms with Crippen LogP contribution in [0, 0.1) is 0 Å². The first-order chi connectivity index (χ1) is 8.74. The monoisotopic (exact) mass is 315 g/mol. The summed E-state index contributed by atoms with van der Waals surface area (Å²) in [6, 6.07) is 7.60. The Bertz CT molecular complexity index is 352. The van der Waals surface area contributed by atoms with Crippen LogP contribution < -0.4 is 4.74 Å². The van der Waals surface area contributed by atoms with E-state index < -0.39 is 6.10 Å². The molecular weight excluding hydrogens is 298 g/mol. The van der Waals surface area contributed by atoms with Crippen LogP contribution in [0.4, 0.5) is 0 Å². The Balaban J connectivity index is 1.70. The molecule has 100 valence electrons. The minimum absolute atomic E-state index is 0.318. The molecule has 1 aliphatic heterocycles. The van der Waals surface area contributed by atoms with Crippen LogP contribution in [-0.2, 0) is 4.74 Å². The van der Waals surface area contributed by atoms with Gasteiger partial charge in [0, 0.05) is 24.1 Å². The molecule has 1 aliphatic rings. The largest absolute Gasteiger partial charge is 0.491 e. The number of β-amino-alcohol motifs (C(OH)–C–C–N with tert-alkyl or cyclic N) is 1. The molecule has 0 bridgehead atoms. The molecule has 2 rings (SSSR count). The van der Waals surface area contributed by atoms with E-state index in [0.717, 1.165) is 36.5 Å². The van der Waals surface area contributed by atoms with Crippen molar-refractivity contribution in [2.24, 2.45) is 0 Å². The van der Waals surface area contributed by atoms with E-state index in [2.05, 4.69) is 20.8 Å². The van der Waals surface area contributed by atoms with Crippen molar-refractivity contribution in [3.63, 3.8) is 0 Å². The van der Waals surface area contributed by atoms with E-state index in [1.165, 1.54) is 0 Å². The van der Waals surface area contributed by atoms with Gasteiger partial charge in [0.25, 0.3) is 0 Å². The number of morpholine rings is 1. The Morgan fingerprint density at radius 2 is 1.94 bits per heavy atom. The zero-order valence-corrected chi connectivity index (χ0v) is 11.8. The third-order valence-corrected chi connectivity index (χ3v) is 3.36. The van der Waals surface area contributed by atoms with Crippen LogP contribution in [0.5, 0.6) is 5.75 Å². The van der Waals surface area contributed by atoms with E-state index >= 15 is 0 Å². The molecule has 0 aromatic heterocycles. The molecule has 1 atom stereocenters. The van der Waals surface area contributed by atoms with Gasteiger partial charge in [-0.1, -0.05) is 15.9 Å². The van der Waals surface area contributed by atoms with Crippen molar-refractivity contribution in [3.8, 4) is 5.75 Å². The maximum atomic E-state index is 9.90. The molecule has 1 aromatic carbocycles. The average Bonchev–Trinajstić information content (AvgIpc) is 2.39. The predicted molar refractivity (Wildman–Crippen MR) is 72.9 cm³/mol. The molecule has 1 saturated heterocycles. The highest BCUT2D eigenvalue weighted by Gasteiger charge is 2.15. The third kappa shape index (κ3) is 4.57. The van der Waals surface area contributed by atoms with Crippen molar-refractivity contribution in [2.45, 2.75) is 6.10 Å². The second kappa shape index (κ2) is 7.09. The molecule has 0 spiro atoms. The van der Waals surface area contributed by atoms with Gasteiger partial charge in [0.1, 0.15) is 18.5 Å². The minimum atomic E-state index is -0.466. The molecule has 0 radical (unpaired) electrons. The van der Waals surface area contributed by atoms with Crippen LogP contribution in [0.25, 0.3) is 0 Å². The van der Waals surface area contributed by atoms with Crippen LogP contribution in [0.1, 0.15) is 0 Å². The summed E-state index contributed by atoms with van der Waals surface area (Å²) < 4.78 is 11.8. The fraction of sp³-hybridized carbons (Fsp3) is 0.538. The molecule has 4 nitrogen and oxygen atoms in total. The number of ether oxygens (including phenoxy) is 2. The van der Waals surface area contributed by atoms with Gasteiger partial charge < -0.3 is 14.6 Å². The van der Waals surface area contributed by atoms with Crippen molar-refractivity contribution in [2.75, 3.05) is 39.5 Å². The van der Waals surface area contributed by atoms with Crippen molar-refractivity contribution in [3.05, 3.63) is 28.7 Å². The van der Waals surface area contributed by atoms with E-state index in [-0.39, 0.29) is 0 Å². The highest BCUT2D eigenvalue weighted by molar-refractivity contribution is 9.10. The van der Waals surface area contributed by atoms with Crippen LogP contribution in [0.15, 0.2) is 28.7 Å². The van der Waals surface area contributed by atoms with Gasteiger partial charge in [-0.05, 0) is 24.3 Å². The highest BCUT2D eigenvalue weighted by atomic mass is 79.9. The van der Waals surface area contributed by atoms with Crippen molar-refractivity contribution in [1.82, 2.24) is 4.90 Å². The quantitative estimate of drug-likeness (QED) is 0.894. The summed E-state index contributed by atoms with van der Waals surface area (Å²) in [5.41, 5.74) is 0. The van der Waals surface area contributed by atoms with Crippen molar-refractivity contribution < 1.29 is 14.6 Å². The van der Waals surface area contributed by atoms with Gasteiger partial charge in [-0.25, -0.2) is 0 Å². The number of hydrogen-bond acceptors (Lipinski definition) is 4. The SMILES string of the molecule is O[C@@H](COc1ccc(Br)cc1)CN1CCOCC1. The summed E-state index contributed by atoms with van der Waals surface area (Å²) in [5.74, 6) is 0.777. The molecule has 1 N–H and O–H groups in total. The summed E-state index contributed by atoms with van der Waals surface area (Å²) >= 11 is 3.37. The second-order valence-corrected chi connectivity index (χ2v) is 5.25. The Hall–Kier alpha value is -0.620. The van der Waals surface area contributed by atoms with Gasteiger partial charge in [-0.2, -0.15) is 0 Å². The second-order valence-electron chi connectivity index (χ2n) is 4.33. The number of aliphatic hydroxyl groups excluding tert-OH is 1. The molecule has 1 heterocycles. The maximum Gasteiger partial charge on any atom is 0.119 e. The third-order valence-electron chi connectivity index (χ3n) is 2.83. The summed E-state index contributed by atoms with van der Waals surface area (Å²) in [6.07, 6.45) is -0.466. The number of benzene rings is 1. The Labute approximate surface area is 116 Å². The molecule has 5 heteroatoms. The van der Waals surface area contributed by atoms with Crippen LogP contribution >= 0.6 is 15.9 Å². The number of hydrogen-bond donors (Lipinski definition) is 1. The lowest BCUT2D eigenvalue weighted by molar-refractivity contribution is 0.00465. The Morgan fingerprint density at radius 3 is 2.61 bits per heavy atom. The van der Waals surface area contributed by atoms with E-state index in [4.69, 9.17) is 9.47 Å². The number of nitrogens with zero attached hydrogens (tertiary/aromatic N) is 1. The zero-order valence-electron chi connectivity index (χ0n) is 10.2. The van der Waals surface area contributed by atoms with Gasteiger partial charge in [0.05, 0.1) is 13.2 Å². The Kier molecular flexibility index (Phi) is 5.44. The van der Waals surface area contributed by atoms with Crippen LogP contribution in [0.3, 0.4) is 0 Å². The van der Waals surface area contributed by atoms with Gasteiger partial charge in [0.15, 0.2) is 0 Å². The van der Waals surface area contributed by atoms with Crippen LogP contribution in [0.2, 0.25) is 0 Å². The maximum absolute atomic E-state index is 9.90. The molecule has 1 aromatic rings. The Morgan fingerprint density at radius 1 is 1.28 bits per heavy atom. The summed E-state index contributed by atoms with van der Waals surface area (Å²) in [6.45, 7) is 4.23. The lowest BCUT2D eigenvalue weighted by atomic mass is 10.3. The minimum Gasteiger partial charge on any atom is -0.491 e. The first kappa shape index (κ1) is 13.8. The van der Waals surface area contributed by atoms with Crippen LogP contribution in [-0.4, -0.2) is 55.6 Å². The summed E-state index contributed by atoms with van der Waals surface area (Å²) in [4.78, 5) is 2.19. The number of halogens is 1. The summed E-state index contributed by atoms with van der Waals surface area (Å²) in [7, 11) is 0.